The fourth-order valence-electron chi connectivity index (χ4n) is 4.14. The van der Waals surface area contributed by atoms with Crippen molar-refractivity contribution < 1.29 is 32.6 Å². The van der Waals surface area contributed by atoms with Gasteiger partial charge >= 0.3 is 8.03 Å². The molecule has 0 aromatic heterocycles. The molecule has 6 atom stereocenters. The molecule has 192 valence electrons. The Kier molecular flexibility index (Phi) is 12.4. The van der Waals surface area contributed by atoms with Crippen molar-refractivity contribution in [2.24, 2.45) is 17.6 Å². The number of aliphatic hydroxyl groups is 1. The minimum atomic E-state index is -3.54. The molecule has 0 aromatic rings. The predicted octanol–water partition coefficient (Wildman–Crippen LogP) is 0.829. The van der Waals surface area contributed by atoms with Gasteiger partial charge in [-0.2, -0.15) is 4.89 Å². The van der Waals surface area contributed by atoms with Crippen molar-refractivity contribution in [3.8, 4) is 0 Å². The van der Waals surface area contributed by atoms with E-state index >= 15 is 0 Å². The van der Waals surface area contributed by atoms with Gasteiger partial charge in [0.05, 0.1) is 11.4 Å². The van der Waals surface area contributed by atoms with E-state index < -0.39 is 58.8 Å². The molecule has 1 aliphatic carbocycles. The summed E-state index contributed by atoms with van der Waals surface area (Å²) in [6.07, 6.45) is 5.23. The highest BCUT2D eigenvalue weighted by atomic mass is 32.2. The van der Waals surface area contributed by atoms with Crippen LogP contribution in [0, 0.1) is 11.8 Å². The van der Waals surface area contributed by atoms with Crippen molar-refractivity contribution in [2.75, 3.05) is 12.8 Å². The van der Waals surface area contributed by atoms with Gasteiger partial charge in [0, 0.05) is 25.1 Å². The molecule has 0 bridgehead atoms. The Hall–Kier alpha value is -1.13. The number of rotatable bonds is 13. The molecule has 0 aromatic carbocycles. The lowest BCUT2D eigenvalue weighted by Crippen LogP contribution is -2.56. The van der Waals surface area contributed by atoms with Gasteiger partial charge in [-0.05, 0) is 36.7 Å². The Balaban J connectivity index is 2.71. The van der Waals surface area contributed by atoms with Crippen LogP contribution in [0.25, 0.3) is 0 Å². The van der Waals surface area contributed by atoms with E-state index in [0.717, 1.165) is 38.4 Å². The fourth-order valence-corrected chi connectivity index (χ4v) is 5.87. The molecule has 10 nitrogen and oxygen atoms in total. The molecule has 0 aliphatic heterocycles. The SMILES string of the molecule is CC(C)C[C@H](NC(=O)C(N)C(C)S(C)(=O)=O)C(=O)NC[C@H](O)CC(C1CCCCC1)[P+](=O)O. The maximum absolute atomic E-state index is 12.7. The molecule has 0 radical (unpaired) electrons. The van der Waals surface area contributed by atoms with Crippen LogP contribution in [0.2, 0.25) is 0 Å². The van der Waals surface area contributed by atoms with Gasteiger partial charge in [0.1, 0.15) is 12.1 Å². The summed E-state index contributed by atoms with van der Waals surface area (Å²) in [7, 11) is -5.99. The Morgan fingerprint density at radius 3 is 2.15 bits per heavy atom. The number of amides is 2. The third kappa shape index (κ3) is 10.3. The summed E-state index contributed by atoms with van der Waals surface area (Å²) in [6, 6.07) is -2.28. The maximum Gasteiger partial charge on any atom is 0.509 e. The van der Waals surface area contributed by atoms with Gasteiger partial charge in [-0.15, -0.1) is 0 Å². The van der Waals surface area contributed by atoms with Gasteiger partial charge < -0.3 is 21.5 Å². The Labute approximate surface area is 198 Å². The molecule has 12 heteroatoms. The quantitative estimate of drug-likeness (QED) is 0.226. The number of hydrogen-bond donors (Lipinski definition) is 5. The molecule has 1 aliphatic rings. The Morgan fingerprint density at radius 1 is 1.09 bits per heavy atom. The Morgan fingerprint density at radius 2 is 1.67 bits per heavy atom. The van der Waals surface area contributed by atoms with Gasteiger partial charge in [-0.3, -0.25) is 9.59 Å². The van der Waals surface area contributed by atoms with Crippen molar-refractivity contribution >= 4 is 29.7 Å². The van der Waals surface area contributed by atoms with E-state index in [9.17, 15) is 32.6 Å². The van der Waals surface area contributed by atoms with Crippen LogP contribution in [0.15, 0.2) is 0 Å². The number of aliphatic hydroxyl groups excluding tert-OH is 1. The van der Waals surface area contributed by atoms with Crippen molar-refractivity contribution in [1.82, 2.24) is 10.6 Å². The first-order valence-electron chi connectivity index (χ1n) is 11.6. The lowest BCUT2D eigenvalue weighted by Gasteiger charge is -2.26. The van der Waals surface area contributed by atoms with Crippen LogP contribution in [-0.4, -0.2) is 72.1 Å². The molecular formula is C21H41N3O7PS+. The second kappa shape index (κ2) is 13.7. The molecule has 0 saturated heterocycles. The van der Waals surface area contributed by atoms with E-state index in [-0.39, 0.29) is 24.8 Å². The van der Waals surface area contributed by atoms with Gasteiger partial charge in [-0.1, -0.05) is 33.1 Å². The highest BCUT2D eigenvalue weighted by Gasteiger charge is 2.39. The van der Waals surface area contributed by atoms with Crippen LogP contribution in [-0.2, 0) is 24.0 Å². The van der Waals surface area contributed by atoms with E-state index in [1.165, 1.54) is 6.92 Å². The smallest absolute Gasteiger partial charge is 0.391 e. The Bertz CT molecular complexity index is 772. The molecule has 1 saturated carbocycles. The summed E-state index contributed by atoms with van der Waals surface area (Å²) in [4.78, 5) is 34.9. The standard InChI is InChI=1S/C21H40N3O7PS/c1-13(2)10-17(24-21(27)19(22)14(3)33(4,30)31)20(26)23-12-16(25)11-18(32(28)29)15-8-6-5-7-9-15/h13-19,25H,5-12,22H2,1-4H3,(H2-,23,24,26,27,28,29)/p+1/t14?,16-,17+,18?,19?/m1/s1. The summed E-state index contributed by atoms with van der Waals surface area (Å²) in [6.45, 7) is 4.95. The normalized spacial score (nSPS) is 20.4. The van der Waals surface area contributed by atoms with Gasteiger partial charge in [0.2, 0.25) is 11.8 Å². The van der Waals surface area contributed by atoms with Crippen molar-refractivity contribution in [3.05, 3.63) is 0 Å². The van der Waals surface area contributed by atoms with Crippen LogP contribution < -0.4 is 16.4 Å². The summed E-state index contributed by atoms with van der Waals surface area (Å²) < 4.78 is 35.3. The minimum Gasteiger partial charge on any atom is -0.391 e. The summed E-state index contributed by atoms with van der Waals surface area (Å²) in [5.74, 6) is -1.14. The number of nitrogens with one attached hydrogen (secondary N) is 2. The topological polar surface area (TPSA) is 176 Å². The molecule has 33 heavy (non-hydrogen) atoms. The lowest BCUT2D eigenvalue weighted by atomic mass is 9.85. The minimum absolute atomic E-state index is 0.0450. The third-order valence-electron chi connectivity index (χ3n) is 6.33. The second-order valence-corrected chi connectivity index (χ2v) is 13.3. The van der Waals surface area contributed by atoms with Gasteiger partial charge in [0.25, 0.3) is 0 Å². The highest BCUT2D eigenvalue weighted by molar-refractivity contribution is 7.91. The number of carbonyl (C=O) groups excluding carboxylic acids is 2. The summed E-state index contributed by atoms with van der Waals surface area (Å²) in [5.41, 5.74) is 5.27. The van der Waals surface area contributed by atoms with E-state index in [4.69, 9.17) is 5.73 Å². The zero-order valence-electron chi connectivity index (χ0n) is 20.1. The summed E-state index contributed by atoms with van der Waals surface area (Å²) >= 11 is 0. The van der Waals surface area contributed by atoms with E-state index in [2.05, 4.69) is 10.6 Å². The van der Waals surface area contributed by atoms with Crippen molar-refractivity contribution in [2.45, 2.75) is 94.8 Å². The number of nitrogens with two attached hydrogens (primary N) is 1. The maximum atomic E-state index is 12.7. The average molecular weight is 511 g/mol. The van der Waals surface area contributed by atoms with Gasteiger partial charge in [0.15, 0.2) is 15.5 Å². The van der Waals surface area contributed by atoms with Crippen LogP contribution >= 0.6 is 8.03 Å². The third-order valence-corrected chi connectivity index (χ3v) is 9.17. The fraction of sp³-hybridized carbons (Fsp3) is 0.905. The molecule has 2 amide bonds. The highest BCUT2D eigenvalue weighted by Crippen LogP contribution is 2.40. The molecule has 1 fully saturated rings. The largest absolute Gasteiger partial charge is 0.509 e. The summed E-state index contributed by atoms with van der Waals surface area (Å²) in [5, 5.41) is 14.4. The van der Waals surface area contributed by atoms with Crippen LogP contribution in [0.4, 0.5) is 0 Å². The monoisotopic (exact) mass is 510 g/mol. The van der Waals surface area contributed by atoms with Crippen molar-refractivity contribution in [1.29, 1.82) is 0 Å². The first kappa shape index (κ1) is 29.9. The number of carbonyl (C=O) groups is 2. The van der Waals surface area contributed by atoms with Crippen LogP contribution in [0.5, 0.6) is 0 Å². The molecule has 0 heterocycles. The van der Waals surface area contributed by atoms with Crippen LogP contribution in [0.3, 0.4) is 0 Å². The zero-order valence-corrected chi connectivity index (χ0v) is 21.8. The molecule has 0 spiro atoms. The molecule has 1 rings (SSSR count). The first-order chi connectivity index (χ1) is 15.2. The average Bonchev–Trinajstić information content (AvgIpc) is 2.73. The first-order valence-corrected chi connectivity index (χ1v) is 14.8. The van der Waals surface area contributed by atoms with Crippen molar-refractivity contribution in [3.63, 3.8) is 0 Å². The van der Waals surface area contributed by atoms with E-state index in [0.29, 0.717) is 6.42 Å². The second-order valence-electron chi connectivity index (χ2n) is 9.65. The van der Waals surface area contributed by atoms with Gasteiger partial charge in [-0.25, -0.2) is 8.42 Å². The number of hydrogen-bond acceptors (Lipinski definition) is 7. The lowest BCUT2D eigenvalue weighted by molar-refractivity contribution is -0.130. The van der Waals surface area contributed by atoms with Crippen LogP contribution in [0.1, 0.15) is 65.7 Å². The van der Waals surface area contributed by atoms with E-state index in [1.54, 1.807) is 0 Å². The van der Waals surface area contributed by atoms with E-state index in [1.807, 2.05) is 13.8 Å². The zero-order chi connectivity index (χ0) is 25.3. The molecule has 4 unspecified atom stereocenters. The predicted molar refractivity (Wildman–Crippen MR) is 127 cm³/mol. The molecular weight excluding hydrogens is 469 g/mol. The molecule has 6 N–H and O–H groups in total. The number of sulfone groups is 1.